The van der Waals surface area contributed by atoms with E-state index in [0.717, 1.165) is 4.90 Å². The lowest BCUT2D eigenvalue weighted by Gasteiger charge is -2.33. The Bertz CT molecular complexity index is 1900. The predicted molar refractivity (Wildman–Crippen MR) is 177 cm³/mol. The zero-order valence-electron chi connectivity index (χ0n) is 27.2. The third-order valence-electron chi connectivity index (χ3n) is 8.21. The van der Waals surface area contributed by atoms with E-state index < -0.39 is 36.1 Å². The standard InChI is InChI=1S/C36H33N3O10/c1-44-24-12-9-21(10-13-24)18-39(31(40)19-38-26-8-6-5-7-25(26)33(41)36(38)43)32(22-15-29(45-2)34(47-4)30(16-22)46-3)35(42)37-23-11-14-27-28(17-23)49-20-48-27/h5-17,32H,18-20H2,1-4H3,(H,37,42)/t32-/m1/s1. The van der Waals surface area contributed by atoms with Gasteiger partial charge in [0.1, 0.15) is 18.3 Å². The minimum Gasteiger partial charge on any atom is -0.497 e. The zero-order chi connectivity index (χ0) is 34.7. The lowest BCUT2D eigenvalue weighted by atomic mass is 10.0. The van der Waals surface area contributed by atoms with Crippen LogP contribution in [0, 0.1) is 0 Å². The van der Waals surface area contributed by atoms with Crippen molar-refractivity contribution in [1.29, 1.82) is 0 Å². The van der Waals surface area contributed by atoms with Gasteiger partial charge < -0.3 is 38.6 Å². The zero-order valence-corrected chi connectivity index (χ0v) is 27.2. The highest BCUT2D eigenvalue weighted by Crippen LogP contribution is 2.42. The van der Waals surface area contributed by atoms with Crippen LogP contribution in [0.1, 0.15) is 27.5 Å². The number of hydrogen-bond donors (Lipinski definition) is 1. The maximum Gasteiger partial charge on any atom is 0.299 e. The van der Waals surface area contributed by atoms with Gasteiger partial charge >= 0.3 is 0 Å². The number of amides is 3. The Kier molecular flexibility index (Phi) is 9.24. The van der Waals surface area contributed by atoms with Crippen LogP contribution in [0.2, 0.25) is 0 Å². The van der Waals surface area contributed by atoms with Crippen molar-refractivity contribution in [2.24, 2.45) is 0 Å². The molecule has 0 bridgehead atoms. The lowest BCUT2D eigenvalue weighted by molar-refractivity contribution is -0.139. The molecule has 0 aliphatic carbocycles. The third kappa shape index (κ3) is 6.38. The molecule has 0 saturated carbocycles. The number of anilines is 2. The van der Waals surface area contributed by atoms with Crippen LogP contribution < -0.4 is 38.6 Å². The van der Waals surface area contributed by atoms with Crippen molar-refractivity contribution in [3.63, 3.8) is 0 Å². The van der Waals surface area contributed by atoms with Crippen LogP contribution in [-0.4, -0.2) is 70.2 Å². The number of methoxy groups -OCH3 is 4. The molecule has 0 radical (unpaired) electrons. The summed E-state index contributed by atoms with van der Waals surface area (Å²) in [7, 11) is 5.88. The monoisotopic (exact) mass is 667 g/mol. The van der Waals surface area contributed by atoms with E-state index in [0.29, 0.717) is 39.8 Å². The van der Waals surface area contributed by atoms with E-state index >= 15 is 0 Å². The normalized spacial score (nSPS) is 13.4. The average Bonchev–Trinajstić information content (AvgIpc) is 3.69. The van der Waals surface area contributed by atoms with Crippen molar-refractivity contribution in [2.45, 2.75) is 12.6 Å². The molecule has 13 heteroatoms. The van der Waals surface area contributed by atoms with E-state index in [1.807, 2.05) is 0 Å². The van der Waals surface area contributed by atoms with Gasteiger partial charge in [0, 0.05) is 18.3 Å². The second kappa shape index (κ2) is 13.9. The van der Waals surface area contributed by atoms with Crippen molar-refractivity contribution in [3.05, 3.63) is 95.6 Å². The first-order valence-corrected chi connectivity index (χ1v) is 15.1. The van der Waals surface area contributed by atoms with Gasteiger partial charge in [-0.05, 0) is 59.7 Å². The highest BCUT2D eigenvalue weighted by Gasteiger charge is 2.40. The van der Waals surface area contributed by atoms with Crippen LogP contribution in [0.5, 0.6) is 34.5 Å². The first-order chi connectivity index (χ1) is 23.8. The molecule has 4 aromatic carbocycles. The van der Waals surface area contributed by atoms with Gasteiger partial charge in [-0.25, -0.2) is 0 Å². The molecule has 2 heterocycles. The highest BCUT2D eigenvalue weighted by molar-refractivity contribution is 6.52. The average molecular weight is 668 g/mol. The Hall–Kier alpha value is -6.24. The van der Waals surface area contributed by atoms with Gasteiger partial charge in [0.15, 0.2) is 23.0 Å². The molecule has 0 spiro atoms. The molecule has 252 valence electrons. The molecule has 0 saturated heterocycles. The van der Waals surface area contributed by atoms with E-state index in [9.17, 15) is 19.2 Å². The summed E-state index contributed by atoms with van der Waals surface area (Å²) in [5.74, 6) is -0.402. The molecular weight excluding hydrogens is 634 g/mol. The number of ether oxygens (including phenoxy) is 6. The molecule has 4 aromatic rings. The first kappa shape index (κ1) is 32.7. The predicted octanol–water partition coefficient (Wildman–Crippen LogP) is 4.39. The van der Waals surface area contributed by atoms with Gasteiger partial charge in [-0.1, -0.05) is 24.3 Å². The second-order valence-corrected chi connectivity index (χ2v) is 11.0. The van der Waals surface area contributed by atoms with Crippen LogP contribution in [-0.2, 0) is 20.9 Å². The fraction of sp³-hybridized carbons (Fsp3) is 0.222. The van der Waals surface area contributed by atoms with Crippen molar-refractivity contribution in [1.82, 2.24) is 4.90 Å². The number of carbonyl (C=O) groups is 4. The number of para-hydroxylation sites is 1. The molecule has 2 aliphatic rings. The van der Waals surface area contributed by atoms with Gasteiger partial charge in [0.05, 0.1) is 39.7 Å². The summed E-state index contributed by atoms with van der Waals surface area (Å²) in [5.41, 5.74) is 1.87. The SMILES string of the molecule is COc1ccc(CN(C(=O)CN2C(=O)C(=O)c3ccccc32)[C@@H](C(=O)Nc2ccc3c(c2)OCO3)c2cc(OC)c(OC)c(OC)c2)cc1. The molecule has 0 unspecified atom stereocenters. The van der Waals surface area contributed by atoms with Crippen LogP contribution in [0.15, 0.2) is 78.9 Å². The number of benzene rings is 4. The minimum atomic E-state index is -1.32. The maximum atomic E-state index is 14.5. The number of ketones is 1. The smallest absolute Gasteiger partial charge is 0.299 e. The van der Waals surface area contributed by atoms with E-state index in [1.54, 1.807) is 72.8 Å². The Balaban J connectivity index is 1.46. The molecule has 0 fully saturated rings. The fourth-order valence-electron chi connectivity index (χ4n) is 5.80. The number of hydrogen-bond acceptors (Lipinski definition) is 10. The molecule has 0 aromatic heterocycles. The molecule has 2 aliphatic heterocycles. The lowest BCUT2D eigenvalue weighted by Crippen LogP contribution is -2.46. The Labute approximate surface area is 281 Å². The van der Waals surface area contributed by atoms with Crippen molar-refractivity contribution >= 4 is 34.9 Å². The van der Waals surface area contributed by atoms with Crippen LogP contribution in [0.25, 0.3) is 0 Å². The summed E-state index contributed by atoms with van der Waals surface area (Å²) in [6.45, 7) is -0.544. The van der Waals surface area contributed by atoms with Gasteiger partial charge in [-0.2, -0.15) is 0 Å². The summed E-state index contributed by atoms with van der Waals surface area (Å²) >= 11 is 0. The number of rotatable bonds is 12. The Morgan fingerprint density at radius 2 is 1.53 bits per heavy atom. The van der Waals surface area contributed by atoms with Crippen molar-refractivity contribution in [2.75, 3.05) is 52.0 Å². The number of carbonyl (C=O) groups excluding carboxylic acids is 4. The molecule has 6 rings (SSSR count). The molecule has 13 nitrogen and oxygen atoms in total. The molecule has 1 atom stereocenters. The van der Waals surface area contributed by atoms with Crippen LogP contribution >= 0.6 is 0 Å². The van der Waals surface area contributed by atoms with Gasteiger partial charge in [0.2, 0.25) is 18.4 Å². The van der Waals surface area contributed by atoms with Crippen molar-refractivity contribution < 1.29 is 47.6 Å². The van der Waals surface area contributed by atoms with Gasteiger partial charge in [0.25, 0.3) is 17.6 Å². The summed E-state index contributed by atoms with van der Waals surface area (Å²) in [4.78, 5) is 57.5. The summed E-state index contributed by atoms with van der Waals surface area (Å²) in [6, 6.07) is 20.2. The number of Topliss-reactive ketones (excluding diaryl/α,β-unsaturated/α-hetero) is 1. The Morgan fingerprint density at radius 3 is 2.20 bits per heavy atom. The first-order valence-electron chi connectivity index (χ1n) is 15.1. The van der Waals surface area contributed by atoms with Crippen LogP contribution in [0.4, 0.5) is 11.4 Å². The molecule has 49 heavy (non-hydrogen) atoms. The summed E-state index contributed by atoms with van der Waals surface area (Å²) in [6.07, 6.45) is 0. The van der Waals surface area contributed by atoms with E-state index in [2.05, 4.69) is 5.32 Å². The molecular formula is C36H33N3O10. The number of nitrogens with zero attached hydrogens (tertiary/aromatic N) is 2. The fourth-order valence-corrected chi connectivity index (χ4v) is 5.80. The summed E-state index contributed by atoms with van der Waals surface area (Å²) in [5, 5.41) is 2.90. The Morgan fingerprint density at radius 1 is 0.837 bits per heavy atom. The van der Waals surface area contributed by atoms with Crippen LogP contribution in [0.3, 0.4) is 0 Å². The topological polar surface area (TPSA) is 142 Å². The highest BCUT2D eigenvalue weighted by atomic mass is 16.7. The summed E-state index contributed by atoms with van der Waals surface area (Å²) < 4.78 is 32.9. The molecule has 1 N–H and O–H groups in total. The van der Waals surface area contributed by atoms with E-state index in [4.69, 9.17) is 28.4 Å². The van der Waals surface area contributed by atoms with E-state index in [-0.39, 0.29) is 36.1 Å². The van der Waals surface area contributed by atoms with E-state index in [1.165, 1.54) is 39.4 Å². The quantitative estimate of drug-likeness (QED) is 0.216. The number of nitrogens with one attached hydrogen (secondary N) is 1. The second-order valence-electron chi connectivity index (χ2n) is 11.0. The number of fused-ring (bicyclic) bond motifs is 2. The van der Waals surface area contributed by atoms with Gasteiger partial charge in [-0.3, -0.25) is 24.1 Å². The van der Waals surface area contributed by atoms with Gasteiger partial charge in [-0.15, -0.1) is 0 Å². The molecule has 3 amide bonds. The van der Waals surface area contributed by atoms with Crippen molar-refractivity contribution in [3.8, 4) is 34.5 Å². The maximum absolute atomic E-state index is 14.5. The third-order valence-corrected chi connectivity index (χ3v) is 8.21. The minimum absolute atomic E-state index is 0.0474. The largest absolute Gasteiger partial charge is 0.497 e.